The minimum absolute atomic E-state index is 0.190. The minimum atomic E-state index is -0.190. The predicted molar refractivity (Wildman–Crippen MR) is 140 cm³/mol. The highest BCUT2D eigenvalue weighted by molar-refractivity contribution is 7.22. The number of ether oxygens (including phenoxy) is 5. The fraction of sp³-hybridized carbons (Fsp3) is 0.179. The number of rotatable bonds is 9. The highest BCUT2D eigenvalue weighted by Gasteiger charge is 2.19. The van der Waals surface area contributed by atoms with Crippen molar-refractivity contribution in [1.29, 1.82) is 0 Å². The van der Waals surface area contributed by atoms with Crippen molar-refractivity contribution in [3.05, 3.63) is 71.8 Å². The maximum absolute atomic E-state index is 13.2. The SMILES string of the molecule is COc1cc(C(=O)C=Cc2ccc(OC)c(OC)c2OC)cc(-c2cc3ccccc3s2)c1OC. The second-order valence-corrected chi connectivity index (χ2v) is 8.61. The van der Waals surface area contributed by atoms with E-state index in [2.05, 4.69) is 18.2 Å². The maximum Gasteiger partial charge on any atom is 0.203 e. The number of fused-ring (bicyclic) bond motifs is 1. The van der Waals surface area contributed by atoms with Crippen molar-refractivity contribution < 1.29 is 28.5 Å². The number of thiophene rings is 1. The van der Waals surface area contributed by atoms with Crippen LogP contribution in [0.1, 0.15) is 15.9 Å². The minimum Gasteiger partial charge on any atom is -0.493 e. The molecule has 4 aromatic rings. The first-order chi connectivity index (χ1) is 17.0. The molecular formula is C28H26O6S. The van der Waals surface area contributed by atoms with Gasteiger partial charge in [-0.25, -0.2) is 0 Å². The number of allylic oxidation sites excluding steroid dienone is 1. The van der Waals surface area contributed by atoms with Crippen LogP contribution in [0.3, 0.4) is 0 Å². The van der Waals surface area contributed by atoms with Gasteiger partial charge in [0.2, 0.25) is 5.75 Å². The summed E-state index contributed by atoms with van der Waals surface area (Å²) in [5.41, 5.74) is 1.96. The quantitative estimate of drug-likeness (QED) is 0.197. The number of ketones is 1. The van der Waals surface area contributed by atoms with E-state index in [-0.39, 0.29) is 5.78 Å². The van der Waals surface area contributed by atoms with Crippen LogP contribution in [0.4, 0.5) is 0 Å². The number of hydrogen-bond acceptors (Lipinski definition) is 7. The van der Waals surface area contributed by atoms with Crippen molar-refractivity contribution in [2.24, 2.45) is 0 Å². The van der Waals surface area contributed by atoms with Gasteiger partial charge < -0.3 is 23.7 Å². The Morgan fingerprint density at radius 2 is 1.46 bits per heavy atom. The molecule has 35 heavy (non-hydrogen) atoms. The Bertz CT molecular complexity index is 1370. The Morgan fingerprint density at radius 1 is 0.743 bits per heavy atom. The first-order valence-electron chi connectivity index (χ1n) is 10.8. The first-order valence-corrected chi connectivity index (χ1v) is 11.6. The van der Waals surface area contributed by atoms with Crippen molar-refractivity contribution in [3.8, 4) is 39.2 Å². The molecule has 0 atom stereocenters. The Labute approximate surface area is 208 Å². The molecule has 0 spiro atoms. The normalized spacial score (nSPS) is 11.0. The van der Waals surface area contributed by atoms with Gasteiger partial charge in [-0.2, -0.15) is 0 Å². The molecule has 0 N–H and O–H groups in total. The van der Waals surface area contributed by atoms with E-state index in [9.17, 15) is 4.79 Å². The van der Waals surface area contributed by atoms with Crippen molar-refractivity contribution >= 4 is 33.3 Å². The van der Waals surface area contributed by atoms with Gasteiger partial charge in [-0.05, 0) is 53.9 Å². The third-order valence-electron chi connectivity index (χ3n) is 5.60. The molecule has 0 bridgehead atoms. The van der Waals surface area contributed by atoms with E-state index < -0.39 is 0 Å². The van der Waals surface area contributed by atoms with Crippen LogP contribution in [0.15, 0.2) is 60.7 Å². The Kier molecular flexibility index (Phi) is 7.27. The topological polar surface area (TPSA) is 63.2 Å². The Balaban J connectivity index is 1.76. The molecule has 0 unspecified atom stereocenters. The Morgan fingerprint density at radius 3 is 2.11 bits per heavy atom. The molecule has 0 aliphatic rings. The Hall–Kier alpha value is -3.97. The zero-order valence-electron chi connectivity index (χ0n) is 20.2. The highest BCUT2D eigenvalue weighted by Crippen LogP contribution is 2.44. The summed E-state index contributed by atoms with van der Waals surface area (Å²) in [5, 5.41) is 1.13. The summed E-state index contributed by atoms with van der Waals surface area (Å²) >= 11 is 1.64. The molecule has 3 aromatic carbocycles. The van der Waals surface area contributed by atoms with Crippen molar-refractivity contribution in [2.45, 2.75) is 0 Å². The van der Waals surface area contributed by atoms with Gasteiger partial charge in [0, 0.05) is 26.3 Å². The molecule has 1 heterocycles. The van der Waals surface area contributed by atoms with Gasteiger partial charge in [0.1, 0.15) is 0 Å². The van der Waals surface area contributed by atoms with E-state index in [4.69, 9.17) is 23.7 Å². The highest BCUT2D eigenvalue weighted by atomic mass is 32.1. The van der Waals surface area contributed by atoms with E-state index in [0.717, 1.165) is 20.5 Å². The second kappa shape index (κ2) is 10.5. The van der Waals surface area contributed by atoms with Crippen LogP contribution in [0.2, 0.25) is 0 Å². The molecule has 0 amide bonds. The molecule has 4 rings (SSSR count). The number of benzene rings is 3. The molecule has 0 saturated carbocycles. The molecule has 1 aromatic heterocycles. The smallest absolute Gasteiger partial charge is 0.203 e. The van der Waals surface area contributed by atoms with Gasteiger partial charge in [-0.15, -0.1) is 11.3 Å². The zero-order valence-corrected chi connectivity index (χ0v) is 21.0. The largest absolute Gasteiger partial charge is 0.493 e. The van der Waals surface area contributed by atoms with Crippen LogP contribution < -0.4 is 23.7 Å². The van der Waals surface area contributed by atoms with E-state index >= 15 is 0 Å². The van der Waals surface area contributed by atoms with Gasteiger partial charge in [0.05, 0.1) is 35.5 Å². The standard InChI is InChI=1S/C28H26O6S/c1-30-22-13-11-17(26(32-3)28(22)34-5)10-12-21(29)19-14-20(27(33-4)23(15-19)31-2)25-16-18-8-6-7-9-24(18)35-25/h6-16H,1-5H3. The number of carbonyl (C=O) groups excluding carboxylic acids is 1. The molecule has 180 valence electrons. The van der Waals surface area contributed by atoms with Gasteiger partial charge in [0.25, 0.3) is 0 Å². The third kappa shape index (κ3) is 4.68. The van der Waals surface area contributed by atoms with E-state index in [0.29, 0.717) is 39.9 Å². The fourth-order valence-corrected chi connectivity index (χ4v) is 5.00. The first kappa shape index (κ1) is 24.2. The van der Waals surface area contributed by atoms with Crippen molar-refractivity contribution in [1.82, 2.24) is 0 Å². The van der Waals surface area contributed by atoms with Crippen LogP contribution in [0, 0.1) is 0 Å². The summed E-state index contributed by atoms with van der Waals surface area (Å²) < 4.78 is 28.7. The number of methoxy groups -OCH3 is 5. The maximum atomic E-state index is 13.2. The van der Waals surface area contributed by atoms with Crippen LogP contribution in [0.25, 0.3) is 26.6 Å². The number of carbonyl (C=O) groups is 1. The average Bonchev–Trinajstić information content (AvgIpc) is 3.34. The van der Waals surface area contributed by atoms with Crippen LogP contribution in [0.5, 0.6) is 28.7 Å². The summed E-state index contributed by atoms with van der Waals surface area (Å²) in [5.74, 6) is 2.37. The van der Waals surface area contributed by atoms with Gasteiger partial charge >= 0.3 is 0 Å². The lowest BCUT2D eigenvalue weighted by Gasteiger charge is -2.14. The lowest BCUT2D eigenvalue weighted by molar-refractivity contribution is 0.104. The van der Waals surface area contributed by atoms with Crippen molar-refractivity contribution in [3.63, 3.8) is 0 Å². The van der Waals surface area contributed by atoms with Crippen molar-refractivity contribution in [2.75, 3.05) is 35.5 Å². The lowest BCUT2D eigenvalue weighted by Crippen LogP contribution is -2.00. The summed E-state index contributed by atoms with van der Waals surface area (Å²) in [4.78, 5) is 14.2. The molecule has 0 aliphatic heterocycles. The van der Waals surface area contributed by atoms with E-state index in [1.54, 1.807) is 64.1 Å². The molecule has 0 radical (unpaired) electrons. The van der Waals surface area contributed by atoms with Crippen LogP contribution in [-0.2, 0) is 0 Å². The van der Waals surface area contributed by atoms with E-state index in [1.807, 2.05) is 18.2 Å². The zero-order chi connectivity index (χ0) is 24.9. The fourth-order valence-electron chi connectivity index (χ4n) is 3.92. The third-order valence-corrected chi connectivity index (χ3v) is 6.75. The predicted octanol–water partition coefficient (Wildman–Crippen LogP) is 6.51. The molecule has 6 nitrogen and oxygen atoms in total. The van der Waals surface area contributed by atoms with Gasteiger partial charge in [-0.3, -0.25) is 4.79 Å². The summed E-state index contributed by atoms with van der Waals surface area (Å²) in [6, 6.07) is 17.3. The molecule has 0 saturated heterocycles. The van der Waals surface area contributed by atoms with Gasteiger partial charge in [0.15, 0.2) is 28.8 Å². The summed E-state index contributed by atoms with van der Waals surface area (Å²) in [6.45, 7) is 0. The summed E-state index contributed by atoms with van der Waals surface area (Å²) in [6.07, 6.45) is 3.19. The number of hydrogen-bond donors (Lipinski definition) is 0. The molecule has 0 aliphatic carbocycles. The van der Waals surface area contributed by atoms with Crippen LogP contribution >= 0.6 is 11.3 Å². The average molecular weight is 491 g/mol. The molecule has 0 fully saturated rings. The monoisotopic (exact) mass is 490 g/mol. The molecular weight excluding hydrogens is 464 g/mol. The van der Waals surface area contributed by atoms with E-state index in [1.165, 1.54) is 13.2 Å². The molecule has 7 heteroatoms. The lowest BCUT2D eigenvalue weighted by atomic mass is 10.0. The van der Waals surface area contributed by atoms with Crippen LogP contribution in [-0.4, -0.2) is 41.3 Å². The van der Waals surface area contributed by atoms with Gasteiger partial charge in [-0.1, -0.05) is 18.2 Å². The summed E-state index contributed by atoms with van der Waals surface area (Å²) in [7, 11) is 7.80. The second-order valence-electron chi connectivity index (χ2n) is 7.53.